The molecular formula is C17H32O2Si. The maximum atomic E-state index is 11.4. The van der Waals surface area contributed by atoms with Gasteiger partial charge < -0.3 is 9.22 Å². The number of fused-ring (bicyclic) bond motifs is 1. The molecule has 0 aromatic rings. The normalized spacial score (nSPS) is 37.7. The van der Waals surface area contributed by atoms with Gasteiger partial charge in [0.15, 0.2) is 8.32 Å². The predicted octanol–water partition coefficient (Wildman–Crippen LogP) is 4.79. The minimum atomic E-state index is -1.52. The van der Waals surface area contributed by atoms with E-state index in [-0.39, 0.29) is 11.3 Å². The van der Waals surface area contributed by atoms with E-state index in [1.54, 1.807) is 0 Å². The fourth-order valence-corrected chi connectivity index (χ4v) is 7.77. The Kier molecular flexibility index (Phi) is 5.12. The van der Waals surface area contributed by atoms with Crippen LogP contribution in [0.25, 0.3) is 0 Å². The van der Waals surface area contributed by atoms with Gasteiger partial charge in [0, 0.05) is 12.0 Å². The van der Waals surface area contributed by atoms with E-state index in [9.17, 15) is 4.79 Å². The Morgan fingerprint density at radius 2 is 1.80 bits per heavy atom. The first-order chi connectivity index (χ1) is 9.55. The predicted molar refractivity (Wildman–Crippen MR) is 86.3 cm³/mol. The highest BCUT2D eigenvalue weighted by molar-refractivity contribution is 6.73. The molecule has 2 saturated carbocycles. The lowest BCUT2D eigenvalue weighted by molar-refractivity contribution is -0.116. The fourth-order valence-electron chi connectivity index (χ4n) is 4.85. The van der Waals surface area contributed by atoms with Gasteiger partial charge in [-0.05, 0) is 55.1 Å². The molecule has 2 rings (SSSR count). The van der Waals surface area contributed by atoms with Crippen molar-refractivity contribution in [3.63, 3.8) is 0 Å². The maximum absolute atomic E-state index is 11.4. The average molecular weight is 297 g/mol. The average Bonchev–Trinajstić information content (AvgIpc) is 2.82. The minimum Gasteiger partial charge on any atom is -0.414 e. The van der Waals surface area contributed by atoms with Crippen LogP contribution >= 0.6 is 0 Å². The zero-order chi connectivity index (χ0) is 14.8. The number of carbonyl (C=O) groups is 1. The van der Waals surface area contributed by atoms with Gasteiger partial charge in [0.2, 0.25) is 0 Å². The van der Waals surface area contributed by atoms with Gasteiger partial charge >= 0.3 is 0 Å². The van der Waals surface area contributed by atoms with Crippen LogP contribution in [0.2, 0.25) is 18.1 Å². The van der Waals surface area contributed by atoms with Crippen LogP contribution in [-0.2, 0) is 9.22 Å². The molecule has 0 unspecified atom stereocenters. The second-order valence-electron chi connectivity index (χ2n) is 7.22. The Balaban J connectivity index is 2.15. The van der Waals surface area contributed by atoms with E-state index in [1.807, 2.05) is 0 Å². The van der Waals surface area contributed by atoms with Crippen molar-refractivity contribution in [3.8, 4) is 0 Å². The van der Waals surface area contributed by atoms with E-state index >= 15 is 0 Å². The highest BCUT2D eigenvalue weighted by Crippen LogP contribution is 2.56. The van der Waals surface area contributed by atoms with E-state index in [0.29, 0.717) is 12.0 Å². The van der Waals surface area contributed by atoms with Crippen LogP contribution < -0.4 is 0 Å². The van der Waals surface area contributed by atoms with Crippen LogP contribution in [0.4, 0.5) is 0 Å². The van der Waals surface area contributed by atoms with Crippen molar-refractivity contribution >= 4 is 14.6 Å². The van der Waals surface area contributed by atoms with Crippen LogP contribution in [0.3, 0.4) is 0 Å². The molecule has 2 aliphatic rings. The van der Waals surface area contributed by atoms with E-state index in [2.05, 4.69) is 27.7 Å². The van der Waals surface area contributed by atoms with Crippen LogP contribution in [0.15, 0.2) is 0 Å². The van der Waals surface area contributed by atoms with Crippen molar-refractivity contribution in [3.05, 3.63) is 0 Å². The number of rotatable bonds is 6. The third kappa shape index (κ3) is 2.63. The molecule has 0 amide bonds. The smallest absolute Gasteiger partial charge is 0.192 e. The van der Waals surface area contributed by atoms with Crippen molar-refractivity contribution in [1.82, 2.24) is 0 Å². The van der Waals surface area contributed by atoms with Crippen molar-refractivity contribution < 1.29 is 9.22 Å². The van der Waals surface area contributed by atoms with E-state index in [1.165, 1.54) is 50.1 Å². The Bertz CT molecular complexity index is 332. The Hall–Kier alpha value is -0.153. The summed E-state index contributed by atoms with van der Waals surface area (Å²) in [4.78, 5) is 11.4. The molecule has 2 aliphatic carbocycles. The first kappa shape index (κ1) is 16.2. The summed E-state index contributed by atoms with van der Waals surface area (Å²) in [6.07, 6.45) is 7.64. The number of hydrogen-bond acceptors (Lipinski definition) is 2. The van der Waals surface area contributed by atoms with Crippen LogP contribution in [0, 0.1) is 17.3 Å². The Labute approximate surface area is 125 Å². The molecule has 0 N–H and O–H groups in total. The number of aldehydes is 1. The largest absolute Gasteiger partial charge is 0.414 e. The molecule has 0 saturated heterocycles. The third-order valence-electron chi connectivity index (χ3n) is 6.63. The highest BCUT2D eigenvalue weighted by Gasteiger charge is 2.52. The molecule has 0 heterocycles. The van der Waals surface area contributed by atoms with E-state index in [4.69, 9.17) is 4.43 Å². The molecule has 0 aromatic heterocycles. The van der Waals surface area contributed by atoms with Crippen molar-refractivity contribution in [2.75, 3.05) is 0 Å². The van der Waals surface area contributed by atoms with E-state index < -0.39 is 8.32 Å². The molecule has 3 heteroatoms. The summed E-state index contributed by atoms with van der Waals surface area (Å²) in [6, 6.07) is 3.70. The molecule has 116 valence electrons. The topological polar surface area (TPSA) is 26.3 Å². The van der Waals surface area contributed by atoms with Gasteiger partial charge in [-0.3, -0.25) is 0 Å². The molecule has 20 heavy (non-hydrogen) atoms. The lowest BCUT2D eigenvalue weighted by Gasteiger charge is -2.46. The van der Waals surface area contributed by atoms with E-state index in [0.717, 1.165) is 6.42 Å². The van der Waals surface area contributed by atoms with Crippen LogP contribution in [0.1, 0.15) is 59.8 Å². The summed E-state index contributed by atoms with van der Waals surface area (Å²) in [5.41, 5.74) is 0.222. The summed E-state index contributed by atoms with van der Waals surface area (Å²) in [5.74, 6) is 0.905. The first-order valence-corrected chi connectivity index (χ1v) is 11.2. The number of carbonyl (C=O) groups excluding carboxylic acids is 1. The van der Waals surface area contributed by atoms with Gasteiger partial charge in [-0.2, -0.15) is 0 Å². The van der Waals surface area contributed by atoms with Gasteiger partial charge in [-0.1, -0.05) is 34.1 Å². The first-order valence-electron chi connectivity index (χ1n) is 8.68. The zero-order valence-corrected chi connectivity index (χ0v) is 14.8. The molecule has 0 spiro atoms. The van der Waals surface area contributed by atoms with Gasteiger partial charge in [-0.15, -0.1) is 0 Å². The Morgan fingerprint density at radius 3 is 2.35 bits per heavy atom. The summed E-state index contributed by atoms with van der Waals surface area (Å²) in [6.45, 7) is 9.28. The fraction of sp³-hybridized carbons (Fsp3) is 0.941. The third-order valence-corrected chi connectivity index (χ3v) is 11.3. The molecular weight excluding hydrogens is 264 g/mol. The van der Waals surface area contributed by atoms with Crippen molar-refractivity contribution in [1.29, 1.82) is 0 Å². The summed E-state index contributed by atoms with van der Waals surface area (Å²) in [7, 11) is -1.52. The van der Waals surface area contributed by atoms with Gasteiger partial charge in [0.1, 0.15) is 6.29 Å². The monoisotopic (exact) mass is 296 g/mol. The molecule has 4 atom stereocenters. The van der Waals surface area contributed by atoms with Crippen LogP contribution in [-0.4, -0.2) is 20.7 Å². The lowest BCUT2D eigenvalue weighted by Crippen LogP contribution is -2.48. The minimum absolute atomic E-state index is 0.222. The van der Waals surface area contributed by atoms with Crippen molar-refractivity contribution in [2.24, 2.45) is 17.3 Å². The molecule has 0 bridgehead atoms. The maximum Gasteiger partial charge on any atom is 0.192 e. The van der Waals surface area contributed by atoms with Crippen LogP contribution in [0.5, 0.6) is 0 Å². The quantitative estimate of drug-likeness (QED) is 0.520. The van der Waals surface area contributed by atoms with Gasteiger partial charge in [0.05, 0.1) is 0 Å². The summed E-state index contributed by atoms with van der Waals surface area (Å²) in [5, 5.41) is 0. The molecule has 0 aromatic carbocycles. The highest BCUT2D eigenvalue weighted by atomic mass is 28.4. The molecule has 0 aliphatic heterocycles. The van der Waals surface area contributed by atoms with Gasteiger partial charge in [-0.25, -0.2) is 0 Å². The number of hydrogen-bond donors (Lipinski definition) is 0. The summed E-state index contributed by atoms with van der Waals surface area (Å²) < 4.78 is 6.82. The second-order valence-corrected chi connectivity index (χ2v) is 11.9. The standard InChI is InChI=1S/C17H32O2Si/c1-5-20(6-2,7-3)19-16-9-8-12-17(4)14(13-18)10-11-15(16)17/h13-16H,5-12H2,1-4H3/t14-,15+,16+,17-/m1/s1. The lowest BCUT2D eigenvalue weighted by atomic mass is 9.65. The van der Waals surface area contributed by atoms with Crippen molar-refractivity contribution in [2.45, 2.75) is 84.0 Å². The SMILES string of the molecule is CC[Si](CC)(CC)O[C@H]1CCC[C@]2(C)[C@@H](C=O)CC[C@@H]12. The molecule has 2 fully saturated rings. The molecule has 0 radical (unpaired) electrons. The zero-order valence-electron chi connectivity index (χ0n) is 13.8. The molecule has 2 nitrogen and oxygen atoms in total. The van der Waals surface area contributed by atoms with Gasteiger partial charge in [0.25, 0.3) is 0 Å². The second kappa shape index (κ2) is 6.31. The summed E-state index contributed by atoms with van der Waals surface area (Å²) >= 11 is 0. The Morgan fingerprint density at radius 1 is 1.15 bits per heavy atom.